The SMILES string of the molecule is CCCNCCn1cc(S(=O)(=O)N(C)C(C)C(C)C)cn1. The summed E-state index contributed by atoms with van der Waals surface area (Å²) in [7, 11) is -1.84. The molecule has 0 radical (unpaired) electrons. The highest BCUT2D eigenvalue weighted by molar-refractivity contribution is 7.89. The molecule has 122 valence electrons. The van der Waals surface area contributed by atoms with Gasteiger partial charge >= 0.3 is 0 Å². The third-order valence-corrected chi connectivity index (χ3v) is 5.67. The van der Waals surface area contributed by atoms with Crippen LogP contribution in [0.4, 0.5) is 0 Å². The van der Waals surface area contributed by atoms with Gasteiger partial charge in [0.15, 0.2) is 0 Å². The summed E-state index contributed by atoms with van der Waals surface area (Å²) in [5.74, 6) is 0.262. The van der Waals surface area contributed by atoms with Gasteiger partial charge < -0.3 is 5.32 Å². The Morgan fingerprint density at radius 2 is 2.00 bits per heavy atom. The van der Waals surface area contributed by atoms with Crippen molar-refractivity contribution < 1.29 is 8.42 Å². The van der Waals surface area contributed by atoms with Crippen molar-refractivity contribution >= 4 is 10.0 Å². The number of nitrogens with one attached hydrogen (secondary N) is 1. The largest absolute Gasteiger partial charge is 0.315 e. The van der Waals surface area contributed by atoms with E-state index in [1.807, 2.05) is 20.8 Å². The summed E-state index contributed by atoms with van der Waals surface area (Å²) in [6, 6.07) is -0.0513. The van der Waals surface area contributed by atoms with Crippen LogP contribution >= 0.6 is 0 Å². The zero-order chi connectivity index (χ0) is 16.0. The van der Waals surface area contributed by atoms with E-state index in [1.165, 1.54) is 10.5 Å². The lowest BCUT2D eigenvalue weighted by molar-refractivity contribution is 0.315. The highest BCUT2D eigenvalue weighted by Crippen LogP contribution is 2.19. The summed E-state index contributed by atoms with van der Waals surface area (Å²) < 4.78 is 28.1. The van der Waals surface area contributed by atoms with E-state index in [0.29, 0.717) is 6.54 Å². The lowest BCUT2D eigenvalue weighted by Crippen LogP contribution is -2.38. The molecule has 0 fully saturated rings. The molecule has 1 heterocycles. The van der Waals surface area contributed by atoms with Crippen LogP contribution in [0.15, 0.2) is 17.3 Å². The van der Waals surface area contributed by atoms with Gasteiger partial charge in [-0.1, -0.05) is 20.8 Å². The summed E-state index contributed by atoms with van der Waals surface area (Å²) in [5.41, 5.74) is 0. The fourth-order valence-corrected chi connectivity index (χ4v) is 3.35. The summed E-state index contributed by atoms with van der Waals surface area (Å²) in [5, 5.41) is 7.40. The Morgan fingerprint density at radius 3 is 2.57 bits per heavy atom. The maximum Gasteiger partial charge on any atom is 0.246 e. The molecular formula is C14H28N4O2S. The molecule has 1 aromatic heterocycles. The molecule has 21 heavy (non-hydrogen) atoms. The molecule has 0 aliphatic heterocycles. The average molecular weight is 316 g/mol. The lowest BCUT2D eigenvalue weighted by Gasteiger charge is -2.26. The van der Waals surface area contributed by atoms with E-state index >= 15 is 0 Å². The zero-order valence-corrected chi connectivity index (χ0v) is 14.5. The van der Waals surface area contributed by atoms with Crippen molar-refractivity contribution in [1.82, 2.24) is 19.4 Å². The van der Waals surface area contributed by atoms with Crippen molar-refractivity contribution in [3.63, 3.8) is 0 Å². The van der Waals surface area contributed by atoms with E-state index in [9.17, 15) is 8.42 Å². The van der Waals surface area contributed by atoms with E-state index in [0.717, 1.165) is 19.5 Å². The standard InChI is InChI=1S/C14H28N4O2S/c1-6-7-15-8-9-18-11-14(10-16-18)21(19,20)17(5)13(4)12(2)3/h10-13,15H,6-9H2,1-5H3. The quantitative estimate of drug-likeness (QED) is 0.702. The highest BCUT2D eigenvalue weighted by Gasteiger charge is 2.28. The topological polar surface area (TPSA) is 67.2 Å². The number of hydrogen-bond acceptors (Lipinski definition) is 4. The van der Waals surface area contributed by atoms with Gasteiger partial charge in [0.05, 0.1) is 12.7 Å². The predicted molar refractivity (Wildman–Crippen MR) is 84.6 cm³/mol. The third kappa shape index (κ3) is 4.79. The average Bonchev–Trinajstić information content (AvgIpc) is 2.91. The van der Waals surface area contributed by atoms with Gasteiger partial charge in [-0.15, -0.1) is 0 Å². The van der Waals surface area contributed by atoms with Gasteiger partial charge in [-0.2, -0.15) is 9.40 Å². The van der Waals surface area contributed by atoms with E-state index in [4.69, 9.17) is 0 Å². The molecule has 1 atom stereocenters. The van der Waals surface area contributed by atoms with Gasteiger partial charge in [0.25, 0.3) is 0 Å². The van der Waals surface area contributed by atoms with Gasteiger partial charge in [-0.05, 0) is 25.8 Å². The van der Waals surface area contributed by atoms with Crippen LogP contribution in [-0.2, 0) is 16.6 Å². The Balaban J connectivity index is 2.74. The summed E-state index contributed by atoms with van der Waals surface area (Å²) >= 11 is 0. The fourth-order valence-electron chi connectivity index (χ4n) is 1.90. The van der Waals surface area contributed by atoms with E-state index in [-0.39, 0.29) is 16.9 Å². The molecule has 0 spiro atoms. The monoisotopic (exact) mass is 316 g/mol. The van der Waals surface area contributed by atoms with Crippen molar-refractivity contribution in [2.45, 2.75) is 51.6 Å². The molecule has 7 heteroatoms. The van der Waals surface area contributed by atoms with Crippen molar-refractivity contribution in [3.05, 3.63) is 12.4 Å². The molecule has 0 aliphatic carbocycles. The minimum atomic E-state index is -3.47. The molecular weight excluding hydrogens is 288 g/mol. The van der Waals surface area contributed by atoms with Crippen LogP contribution in [0.5, 0.6) is 0 Å². The Kier molecular flexibility index (Phi) is 6.83. The number of nitrogens with zero attached hydrogens (tertiary/aromatic N) is 3. The number of aromatic nitrogens is 2. The maximum atomic E-state index is 12.5. The highest BCUT2D eigenvalue weighted by atomic mass is 32.2. The minimum absolute atomic E-state index is 0.0513. The molecule has 1 aromatic rings. The molecule has 0 saturated heterocycles. The van der Waals surface area contributed by atoms with Crippen molar-refractivity contribution in [1.29, 1.82) is 0 Å². The summed E-state index contributed by atoms with van der Waals surface area (Å²) in [6.45, 7) is 10.5. The lowest BCUT2D eigenvalue weighted by atomic mass is 10.1. The van der Waals surface area contributed by atoms with Crippen molar-refractivity contribution in [2.24, 2.45) is 5.92 Å². The third-order valence-electron chi connectivity index (χ3n) is 3.77. The molecule has 0 amide bonds. The molecule has 0 bridgehead atoms. The van der Waals surface area contributed by atoms with Crippen LogP contribution in [0.2, 0.25) is 0 Å². The Hall–Kier alpha value is -0.920. The van der Waals surface area contributed by atoms with Crippen LogP contribution in [-0.4, -0.2) is 48.7 Å². The van der Waals surface area contributed by atoms with Crippen LogP contribution in [0.1, 0.15) is 34.1 Å². The van der Waals surface area contributed by atoms with Gasteiger partial charge in [0.2, 0.25) is 10.0 Å². The van der Waals surface area contributed by atoms with E-state index in [1.54, 1.807) is 17.9 Å². The zero-order valence-electron chi connectivity index (χ0n) is 13.7. The molecule has 1 N–H and O–H groups in total. The minimum Gasteiger partial charge on any atom is -0.315 e. The van der Waals surface area contributed by atoms with Crippen LogP contribution < -0.4 is 5.32 Å². The Bertz CT molecular complexity index is 525. The molecule has 1 unspecified atom stereocenters. The molecule has 6 nitrogen and oxygen atoms in total. The first-order chi connectivity index (χ1) is 9.80. The van der Waals surface area contributed by atoms with Crippen LogP contribution in [0, 0.1) is 5.92 Å². The number of sulfonamides is 1. The van der Waals surface area contributed by atoms with Crippen molar-refractivity contribution in [3.8, 4) is 0 Å². The predicted octanol–water partition coefficient (Wildman–Crippen LogP) is 1.55. The summed E-state index contributed by atoms with van der Waals surface area (Å²) in [6.07, 6.45) is 4.11. The normalized spacial score (nSPS) is 14.0. The first-order valence-electron chi connectivity index (χ1n) is 7.52. The molecule has 0 aromatic carbocycles. The van der Waals surface area contributed by atoms with E-state index in [2.05, 4.69) is 17.3 Å². The van der Waals surface area contributed by atoms with Crippen LogP contribution in [0.25, 0.3) is 0 Å². The maximum absolute atomic E-state index is 12.5. The second-order valence-corrected chi connectivity index (χ2v) is 7.69. The van der Waals surface area contributed by atoms with Crippen molar-refractivity contribution in [2.75, 3.05) is 20.1 Å². The number of rotatable bonds is 9. The Labute approximate surface area is 128 Å². The molecule has 0 aliphatic rings. The smallest absolute Gasteiger partial charge is 0.246 e. The van der Waals surface area contributed by atoms with Gasteiger partial charge in [0, 0.05) is 25.8 Å². The van der Waals surface area contributed by atoms with Crippen LogP contribution in [0.3, 0.4) is 0 Å². The summed E-state index contributed by atoms with van der Waals surface area (Å²) in [4.78, 5) is 0.257. The molecule has 0 saturated carbocycles. The first-order valence-corrected chi connectivity index (χ1v) is 8.96. The van der Waals surface area contributed by atoms with E-state index < -0.39 is 10.0 Å². The molecule has 1 rings (SSSR count). The second-order valence-electron chi connectivity index (χ2n) is 5.69. The van der Waals surface area contributed by atoms with Gasteiger partial charge in [0.1, 0.15) is 4.90 Å². The van der Waals surface area contributed by atoms with Gasteiger partial charge in [-0.3, -0.25) is 4.68 Å². The fraction of sp³-hybridized carbons (Fsp3) is 0.786. The number of hydrogen-bond donors (Lipinski definition) is 1. The van der Waals surface area contributed by atoms with Gasteiger partial charge in [-0.25, -0.2) is 8.42 Å². The Morgan fingerprint density at radius 1 is 1.33 bits per heavy atom. The second kappa shape index (κ2) is 7.91. The first kappa shape index (κ1) is 18.1.